The van der Waals surface area contributed by atoms with Crippen molar-refractivity contribution in [2.45, 2.75) is 51.5 Å². The molecule has 47 heavy (non-hydrogen) atoms. The number of aromatic nitrogens is 2. The molecule has 0 bridgehead atoms. The second-order valence-corrected chi connectivity index (χ2v) is 11.4. The highest BCUT2D eigenvalue weighted by atomic mass is 16.7. The molecule has 2 heterocycles. The minimum atomic E-state index is -0.597. The first kappa shape index (κ1) is 31.9. The van der Waals surface area contributed by atoms with E-state index in [-0.39, 0.29) is 38.5 Å². The number of ether oxygens (including phenoxy) is 3. The van der Waals surface area contributed by atoms with E-state index in [0.717, 1.165) is 44.4 Å². The smallest absolute Gasteiger partial charge is 0.325 e. The molecular weight excluding hydrogens is 596 g/mol. The summed E-state index contributed by atoms with van der Waals surface area (Å²) < 4.78 is 20.1. The summed E-state index contributed by atoms with van der Waals surface area (Å²) in [5.74, 6) is -0.485. The van der Waals surface area contributed by atoms with Crippen molar-refractivity contribution in [2.75, 3.05) is 13.2 Å². The van der Waals surface area contributed by atoms with Gasteiger partial charge in [-0.2, -0.15) is 0 Å². The molecule has 0 aliphatic carbocycles. The summed E-state index contributed by atoms with van der Waals surface area (Å²) >= 11 is 0. The Bertz CT molecular complexity index is 1800. The Labute approximate surface area is 273 Å². The largest absolute Gasteiger partial charge is 0.465 e. The van der Waals surface area contributed by atoms with Gasteiger partial charge in [0.15, 0.2) is 6.29 Å². The normalized spacial score (nSPS) is 17.7. The number of urea groups is 1. The maximum absolute atomic E-state index is 12.3. The molecule has 1 aliphatic rings. The molecule has 0 saturated carbocycles. The zero-order chi connectivity index (χ0) is 32.6. The van der Waals surface area contributed by atoms with Gasteiger partial charge in [-0.15, -0.1) is 0 Å². The van der Waals surface area contributed by atoms with Gasteiger partial charge in [0, 0.05) is 18.5 Å². The molecule has 1 saturated heterocycles. The van der Waals surface area contributed by atoms with E-state index in [2.05, 4.69) is 26.3 Å². The molecule has 3 unspecified atom stereocenters. The third-order valence-corrected chi connectivity index (χ3v) is 8.19. The topological polar surface area (TPSA) is 124 Å². The lowest BCUT2D eigenvalue weighted by molar-refractivity contribution is -0.252. The molecular formula is C37H38N4O6. The van der Waals surface area contributed by atoms with Gasteiger partial charge in [0.25, 0.3) is 0 Å². The van der Waals surface area contributed by atoms with Crippen LogP contribution >= 0.6 is 0 Å². The number of carbonyl (C=O) groups is 2. The molecule has 3 N–H and O–H groups in total. The Morgan fingerprint density at radius 1 is 0.915 bits per heavy atom. The third-order valence-electron chi connectivity index (χ3n) is 8.19. The van der Waals surface area contributed by atoms with Crippen molar-refractivity contribution in [2.24, 2.45) is 0 Å². The third kappa shape index (κ3) is 7.86. The van der Waals surface area contributed by atoms with Crippen LogP contribution in [0.5, 0.6) is 0 Å². The van der Waals surface area contributed by atoms with Crippen LogP contribution in [0.4, 0.5) is 4.79 Å². The number of aliphatic hydroxyl groups is 1. The number of rotatable bonds is 11. The zero-order valence-corrected chi connectivity index (χ0v) is 26.2. The van der Waals surface area contributed by atoms with Gasteiger partial charge < -0.3 is 34.5 Å². The Morgan fingerprint density at radius 3 is 2.45 bits per heavy atom. The van der Waals surface area contributed by atoms with Gasteiger partial charge in [0.1, 0.15) is 6.54 Å². The predicted molar refractivity (Wildman–Crippen MR) is 177 cm³/mol. The van der Waals surface area contributed by atoms with E-state index in [4.69, 9.17) is 14.2 Å². The van der Waals surface area contributed by atoms with Crippen LogP contribution in [0.1, 0.15) is 48.0 Å². The van der Waals surface area contributed by atoms with E-state index < -0.39 is 18.3 Å². The highest BCUT2D eigenvalue weighted by molar-refractivity contribution is 5.81. The first-order chi connectivity index (χ1) is 23.0. The number of fused-ring (bicyclic) bond motifs is 1. The Balaban J connectivity index is 1.18. The molecule has 2 amide bonds. The molecule has 0 radical (unpaired) electrons. The van der Waals surface area contributed by atoms with Gasteiger partial charge in [-0.25, -0.2) is 9.78 Å². The van der Waals surface area contributed by atoms with E-state index in [1.54, 1.807) is 6.92 Å². The fraction of sp³-hybridized carbons (Fsp3) is 0.270. The second-order valence-electron chi connectivity index (χ2n) is 11.4. The van der Waals surface area contributed by atoms with Crippen LogP contribution < -0.4 is 10.6 Å². The molecule has 6 rings (SSSR count). The first-order valence-electron chi connectivity index (χ1n) is 15.8. The van der Waals surface area contributed by atoms with Gasteiger partial charge in [0.2, 0.25) is 0 Å². The number of nitrogens with zero attached hydrogens (tertiary/aromatic N) is 2. The van der Waals surface area contributed by atoms with Gasteiger partial charge in [-0.05, 0) is 46.9 Å². The lowest BCUT2D eigenvalue weighted by Crippen LogP contribution is -2.38. The monoisotopic (exact) mass is 634 g/mol. The van der Waals surface area contributed by atoms with Crippen molar-refractivity contribution in [3.8, 4) is 11.1 Å². The predicted octanol–water partition coefficient (Wildman–Crippen LogP) is 5.80. The summed E-state index contributed by atoms with van der Waals surface area (Å²) in [4.78, 5) is 28.4. The van der Waals surface area contributed by atoms with Gasteiger partial charge in [-0.3, -0.25) is 4.79 Å². The minimum absolute atomic E-state index is 0.0118. The molecule has 3 atom stereocenters. The highest BCUT2D eigenvalue weighted by Crippen LogP contribution is 2.39. The summed E-state index contributed by atoms with van der Waals surface area (Å²) in [5.41, 5.74) is 7.64. The van der Waals surface area contributed by atoms with Crippen molar-refractivity contribution in [3.63, 3.8) is 0 Å². The number of benzene rings is 4. The van der Waals surface area contributed by atoms with E-state index in [9.17, 15) is 14.7 Å². The van der Waals surface area contributed by atoms with Crippen LogP contribution in [0.15, 0.2) is 103 Å². The molecule has 4 aromatic carbocycles. The summed E-state index contributed by atoms with van der Waals surface area (Å²) in [6, 6.07) is 31.4. The van der Waals surface area contributed by atoms with E-state index >= 15 is 0 Å². The average molecular weight is 635 g/mol. The van der Waals surface area contributed by atoms with Crippen LogP contribution in [0.25, 0.3) is 22.2 Å². The van der Waals surface area contributed by atoms with Crippen molar-refractivity contribution >= 4 is 23.0 Å². The maximum Gasteiger partial charge on any atom is 0.325 e. The van der Waals surface area contributed by atoms with Gasteiger partial charge in [-0.1, -0.05) is 84.9 Å². The zero-order valence-electron chi connectivity index (χ0n) is 26.2. The summed E-state index contributed by atoms with van der Waals surface area (Å²) in [5, 5.41) is 14.9. The average Bonchev–Trinajstić information content (AvgIpc) is 3.52. The summed E-state index contributed by atoms with van der Waals surface area (Å²) in [6.07, 6.45) is 1.57. The van der Waals surface area contributed by atoms with Gasteiger partial charge in [0.05, 0.1) is 49.3 Å². The number of hydrogen-bond donors (Lipinski definition) is 3. The Morgan fingerprint density at radius 2 is 1.66 bits per heavy atom. The maximum atomic E-state index is 12.3. The number of nitrogens with one attached hydrogen (secondary N) is 2. The fourth-order valence-corrected chi connectivity index (χ4v) is 5.79. The van der Waals surface area contributed by atoms with Crippen molar-refractivity contribution < 1.29 is 28.9 Å². The fourth-order valence-electron chi connectivity index (χ4n) is 5.79. The molecule has 1 aliphatic heterocycles. The van der Waals surface area contributed by atoms with Crippen LogP contribution in [0.3, 0.4) is 0 Å². The number of esters is 1. The number of amides is 2. The Hall–Kier alpha value is -5.03. The van der Waals surface area contributed by atoms with E-state index in [1.807, 2.05) is 97.3 Å². The van der Waals surface area contributed by atoms with Gasteiger partial charge >= 0.3 is 12.0 Å². The summed E-state index contributed by atoms with van der Waals surface area (Å²) in [6.45, 7) is 2.68. The second kappa shape index (κ2) is 15.0. The number of para-hydroxylation sites is 2. The first-order valence-corrected chi connectivity index (χ1v) is 15.8. The van der Waals surface area contributed by atoms with Crippen LogP contribution in [-0.4, -0.2) is 45.9 Å². The molecule has 242 valence electrons. The van der Waals surface area contributed by atoms with Crippen molar-refractivity contribution in [1.29, 1.82) is 0 Å². The molecule has 1 aromatic heterocycles. The summed E-state index contributed by atoms with van der Waals surface area (Å²) in [7, 11) is 0. The number of aliphatic hydroxyl groups excluding tert-OH is 1. The van der Waals surface area contributed by atoms with E-state index in [1.165, 1.54) is 0 Å². The molecule has 5 aromatic rings. The SMILES string of the molecule is CCOC(=O)CNC(=O)NCc1ccccc1-c1ccc(C2OC(Cn3cnc4ccccc43)CC(c3ccc(CO)cc3)O2)cc1. The molecule has 10 heteroatoms. The molecule has 10 nitrogen and oxygen atoms in total. The number of imidazole rings is 1. The van der Waals surface area contributed by atoms with Crippen molar-refractivity contribution in [3.05, 3.63) is 126 Å². The van der Waals surface area contributed by atoms with Crippen LogP contribution in [0.2, 0.25) is 0 Å². The standard InChI is InChI=1S/C37H38N4O6/c1-2-45-35(43)21-39-37(44)38-20-29-7-3-4-8-31(29)26-15-17-28(18-16-26)36-46-30(22-41-24-40-32-9-5-6-10-33(32)41)19-34(47-36)27-13-11-25(23-42)12-14-27/h3-18,24,30,34,36,42H,2,19-23H2,1H3,(H2,38,39,44). The minimum Gasteiger partial charge on any atom is -0.465 e. The molecule has 1 fully saturated rings. The highest BCUT2D eigenvalue weighted by Gasteiger charge is 2.32. The lowest BCUT2D eigenvalue weighted by Gasteiger charge is -2.36. The van der Waals surface area contributed by atoms with E-state index in [0.29, 0.717) is 13.0 Å². The quantitative estimate of drug-likeness (QED) is 0.157. The number of carbonyl (C=O) groups excluding carboxylic acids is 2. The van der Waals surface area contributed by atoms with Crippen LogP contribution in [0, 0.1) is 0 Å². The van der Waals surface area contributed by atoms with Crippen molar-refractivity contribution in [1.82, 2.24) is 20.2 Å². The molecule has 0 spiro atoms. The van der Waals surface area contributed by atoms with Crippen LogP contribution in [-0.2, 0) is 38.7 Å². The Kier molecular flexibility index (Phi) is 10.2. The lowest BCUT2D eigenvalue weighted by atomic mass is 9.97. The number of hydrogen-bond acceptors (Lipinski definition) is 7.